The average Bonchev–Trinajstić information content (AvgIpc) is 2.68. The molecule has 0 aliphatic carbocycles. The van der Waals surface area contributed by atoms with Crippen molar-refractivity contribution in [1.82, 2.24) is 18.7 Å². The molecule has 0 saturated heterocycles. The molecule has 2 rings (SSSR count). The Morgan fingerprint density at radius 3 is 2.47 bits per heavy atom. The Morgan fingerprint density at radius 1 is 1.26 bits per heavy atom. The quantitative estimate of drug-likeness (QED) is 0.676. The van der Waals surface area contributed by atoms with E-state index in [4.69, 9.17) is 5.11 Å². The molecular weight excluding hydrogens is 252 g/mol. The maximum Gasteiger partial charge on any atom is 0.332 e. The zero-order valence-electron chi connectivity index (χ0n) is 11.0. The summed E-state index contributed by atoms with van der Waals surface area (Å²) in [5.41, 5.74) is -0.480. The van der Waals surface area contributed by atoms with Crippen LogP contribution in [0, 0.1) is 6.92 Å². The van der Waals surface area contributed by atoms with Gasteiger partial charge in [-0.3, -0.25) is 13.9 Å². The molecule has 0 amide bonds. The maximum absolute atomic E-state index is 12.3. The zero-order valence-corrected chi connectivity index (χ0v) is 11.0. The summed E-state index contributed by atoms with van der Waals surface area (Å²) >= 11 is 0. The van der Waals surface area contributed by atoms with Gasteiger partial charge < -0.3 is 14.8 Å². The molecule has 0 radical (unpaired) electrons. The molecule has 8 nitrogen and oxygen atoms in total. The fourth-order valence-electron chi connectivity index (χ4n) is 1.98. The second-order valence-corrected chi connectivity index (χ2v) is 4.48. The molecule has 2 aromatic rings. The van der Waals surface area contributed by atoms with E-state index in [1.54, 1.807) is 18.5 Å². The minimum Gasteiger partial charge on any atom is -0.394 e. The van der Waals surface area contributed by atoms with E-state index in [-0.39, 0.29) is 6.54 Å². The van der Waals surface area contributed by atoms with E-state index in [2.05, 4.69) is 4.98 Å². The van der Waals surface area contributed by atoms with Crippen LogP contribution in [0.5, 0.6) is 0 Å². The number of rotatable bonds is 3. The van der Waals surface area contributed by atoms with Crippen LogP contribution >= 0.6 is 0 Å². The van der Waals surface area contributed by atoms with Crippen LogP contribution < -0.4 is 11.2 Å². The van der Waals surface area contributed by atoms with Crippen molar-refractivity contribution >= 4 is 11.2 Å². The molecular formula is C11H16N4O4. The normalized spacial score (nSPS) is 13.1. The Morgan fingerprint density at radius 2 is 1.89 bits per heavy atom. The molecule has 19 heavy (non-hydrogen) atoms. The largest absolute Gasteiger partial charge is 0.394 e. The van der Waals surface area contributed by atoms with E-state index in [9.17, 15) is 14.7 Å². The molecule has 1 atom stereocenters. The fraction of sp³-hybridized carbons (Fsp3) is 0.545. The Balaban J connectivity index is 2.83. The summed E-state index contributed by atoms with van der Waals surface area (Å²) in [7, 11) is 3.20. The van der Waals surface area contributed by atoms with Gasteiger partial charge in [-0.05, 0) is 6.92 Å². The van der Waals surface area contributed by atoms with Crippen LogP contribution in [0.25, 0.3) is 11.2 Å². The zero-order chi connectivity index (χ0) is 14.3. The Bertz CT molecular complexity index is 740. The highest BCUT2D eigenvalue weighted by atomic mass is 16.3. The average molecular weight is 268 g/mol. The van der Waals surface area contributed by atoms with Crippen molar-refractivity contribution in [3.63, 3.8) is 0 Å². The number of fused-ring (bicyclic) bond motifs is 1. The van der Waals surface area contributed by atoms with Gasteiger partial charge in [-0.25, -0.2) is 9.78 Å². The lowest BCUT2D eigenvalue weighted by molar-refractivity contribution is 0.0791. The summed E-state index contributed by atoms with van der Waals surface area (Å²) < 4.78 is 3.76. The molecule has 0 bridgehead atoms. The molecule has 0 fully saturated rings. The molecule has 2 heterocycles. The first-order chi connectivity index (χ1) is 8.88. The third-order valence-electron chi connectivity index (χ3n) is 3.19. The van der Waals surface area contributed by atoms with Gasteiger partial charge in [0.15, 0.2) is 11.2 Å². The summed E-state index contributed by atoms with van der Waals surface area (Å²) in [6, 6.07) is 0. The smallest absolute Gasteiger partial charge is 0.332 e. The lowest BCUT2D eigenvalue weighted by atomic mass is 10.3. The molecule has 0 spiro atoms. The van der Waals surface area contributed by atoms with Crippen molar-refractivity contribution in [2.45, 2.75) is 19.6 Å². The second-order valence-electron chi connectivity index (χ2n) is 4.48. The lowest BCUT2D eigenvalue weighted by Crippen LogP contribution is -2.42. The highest BCUT2D eigenvalue weighted by molar-refractivity contribution is 5.70. The van der Waals surface area contributed by atoms with Crippen molar-refractivity contribution in [2.24, 2.45) is 14.1 Å². The number of hydrogen-bond donors (Lipinski definition) is 2. The summed E-state index contributed by atoms with van der Waals surface area (Å²) in [6.07, 6.45) is -1.16. The number of aliphatic hydroxyl groups is 2. The van der Waals surface area contributed by atoms with Gasteiger partial charge in [-0.15, -0.1) is 0 Å². The minimum atomic E-state index is -1.16. The fourth-order valence-corrected chi connectivity index (χ4v) is 1.98. The number of aliphatic hydroxyl groups excluding tert-OH is 2. The van der Waals surface area contributed by atoms with Crippen molar-refractivity contribution in [2.75, 3.05) is 6.61 Å². The Labute approximate surface area is 108 Å². The summed E-state index contributed by atoms with van der Waals surface area (Å²) in [5.74, 6) is 0.613. The molecule has 1 unspecified atom stereocenters. The van der Waals surface area contributed by atoms with E-state index in [0.29, 0.717) is 17.0 Å². The van der Waals surface area contributed by atoms with Crippen LogP contribution in [-0.4, -0.2) is 41.6 Å². The first-order valence-electron chi connectivity index (χ1n) is 5.80. The van der Waals surface area contributed by atoms with Crippen LogP contribution in [0.4, 0.5) is 0 Å². The summed E-state index contributed by atoms with van der Waals surface area (Å²) in [4.78, 5) is 28.5. The molecule has 0 aliphatic heterocycles. The molecule has 2 N–H and O–H groups in total. The third-order valence-corrected chi connectivity index (χ3v) is 3.19. The molecule has 8 heteroatoms. The van der Waals surface area contributed by atoms with Gasteiger partial charge in [0.1, 0.15) is 5.82 Å². The van der Waals surface area contributed by atoms with E-state index < -0.39 is 24.0 Å². The molecule has 2 aromatic heterocycles. The van der Waals surface area contributed by atoms with Crippen molar-refractivity contribution in [3.05, 3.63) is 26.7 Å². The monoisotopic (exact) mass is 268 g/mol. The highest BCUT2D eigenvalue weighted by Gasteiger charge is 2.18. The number of imidazole rings is 1. The number of aromatic nitrogens is 4. The second kappa shape index (κ2) is 4.63. The van der Waals surface area contributed by atoms with Gasteiger partial charge in [-0.2, -0.15) is 0 Å². The van der Waals surface area contributed by atoms with Crippen LogP contribution in [0.3, 0.4) is 0 Å². The van der Waals surface area contributed by atoms with Gasteiger partial charge >= 0.3 is 5.69 Å². The minimum absolute atomic E-state index is 0.248. The standard InChI is InChI=1S/C11H16N4O4/c1-6-12-9-8(13(6)2)10(18)15(4-7(17)5-16)11(19)14(9)3/h7,16-17H,4-5H2,1-3H3. The van der Waals surface area contributed by atoms with Gasteiger partial charge in [0.2, 0.25) is 0 Å². The van der Waals surface area contributed by atoms with E-state index >= 15 is 0 Å². The predicted octanol–water partition coefficient (Wildman–Crippen LogP) is -1.90. The van der Waals surface area contributed by atoms with Crippen LogP contribution in [0.15, 0.2) is 9.59 Å². The van der Waals surface area contributed by atoms with Crippen LogP contribution in [-0.2, 0) is 20.6 Å². The highest BCUT2D eigenvalue weighted by Crippen LogP contribution is 2.07. The number of nitrogens with zero attached hydrogens (tertiary/aromatic N) is 4. The summed E-state index contributed by atoms with van der Waals surface area (Å²) in [5, 5.41) is 18.2. The van der Waals surface area contributed by atoms with E-state index in [1.807, 2.05) is 0 Å². The van der Waals surface area contributed by atoms with E-state index in [0.717, 1.165) is 4.57 Å². The topological polar surface area (TPSA) is 102 Å². The Hall–Kier alpha value is -1.93. The van der Waals surface area contributed by atoms with Crippen molar-refractivity contribution in [3.8, 4) is 0 Å². The first kappa shape index (κ1) is 13.5. The molecule has 0 aliphatic rings. The number of hydrogen-bond acceptors (Lipinski definition) is 5. The van der Waals surface area contributed by atoms with Crippen LogP contribution in [0.1, 0.15) is 5.82 Å². The Kier molecular flexibility index (Phi) is 3.29. The SMILES string of the molecule is Cc1nc2c(c(=O)n(CC(O)CO)c(=O)n2C)n1C. The molecule has 0 saturated carbocycles. The van der Waals surface area contributed by atoms with E-state index in [1.165, 1.54) is 11.6 Å². The summed E-state index contributed by atoms with van der Waals surface area (Å²) in [6.45, 7) is 0.969. The van der Waals surface area contributed by atoms with Crippen LogP contribution in [0.2, 0.25) is 0 Å². The van der Waals surface area contributed by atoms with Crippen molar-refractivity contribution < 1.29 is 10.2 Å². The van der Waals surface area contributed by atoms with Gasteiger partial charge in [-0.1, -0.05) is 0 Å². The van der Waals surface area contributed by atoms with Crippen molar-refractivity contribution in [1.29, 1.82) is 0 Å². The molecule has 0 aromatic carbocycles. The predicted molar refractivity (Wildman–Crippen MR) is 68.0 cm³/mol. The van der Waals surface area contributed by atoms with Gasteiger partial charge in [0.05, 0.1) is 19.3 Å². The molecule has 104 valence electrons. The van der Waals surface area contributed by atoms with Gasteiger partial charge in [0, 0.05) is 14.1 Å². The third kappa shape index (κ3) is 1.98. The lowest BCUT2D eigenvalue weighted by Gasteiger charge is -2.11. The van der Waals surface area contributed by atoms with Gasteiger partial charge in [0.25, 0.3) is 5.56 Å². The number of aryl methyl sites for hydroxylation is 3. The first-order valence-corrected chi connectivity index (χ1v) is 5.80. The maximum atomic E-state index is 12.3.